The summed E-state index contributed by atoms with van der Waals surface area (Å²) in [4.78, 5) is 0.411. The summed E-state index contributed by atoms with van der Waals surface area (Å²) in [5.41, 5.74) is 0. The summed E-state index contributed by atoms with van der Waals surface area (Å²) in [6.45, 7) is 2.49. The lowest BCUT2D eigenvalue weighted by Crippen LogP contribution is -2.27. The van der Waals surface area contributed by atoms with Crippen molar-refractivity contribution in [2.75, 3.05) is 6.54 Å². The first-order valence-corrected chi connectivity index (χ1v) is 7.45. The molecule has 0 aromatic carbocycles. The molecule has 1 heterocycles. The summed E-state index contributed by atoms with van der Waals surface area (Å²) in [5, 5.41) is 4.02. The number of alkyl halides is 1. The Balaban J connectivity index is 2.51. The molecule has 0 aliphatic rings. The molecule has 7 heteroatoms. The van der Waals surface area contributed by atoms with Crippen molar-refractivity contribution in [1.82, 2.24) is 14.5 Å². The number of rotatable bonds is 6. The minimum atomic E-state index is -3.41. The van der Waals surface area contributed by atoms with Crippen LogP contribution in [0.3, 0.4) is 0 Å². The van der Waals surface area contributed by atoms with Gasteiger partial charge in [0.1, 0.15) is 0 Å². The van der Waals surface area contributed by atoms with Crippen LogP contribution in [0.25, 0.3) is 0 Å². The minimum Gasteiger partial charge on any atom is -0.256 e. The quantitative estimate of drug-likeness (QED) is 0.635. The summed E-state index contributed by atoms with van der Waals surface area (Å²) >= 11 is 3.41. The normalized spacial score (nSPS) is 13.9. The minimum absolute atomic E-state index is 0.194. The fraction of sp³-hybridized carbons (Fsp3) is 0.667. The van der Waals surface area contributed by atoms with Gasteiger partial charge in [-0.15, -0.1) is 0 Å². The standard InChI is InChI=1S/C9H16BrN3O2S/c1-8(10)4-3-6-12-16(14,15)9-5-7-11-13(9)2/h5,7-8,12H,3-4,6H2,1-2H3. The van der Waals surface area contributed by atoms with Crippen molar-refractivity contribution < 1.29 is 8.42 Å². The highest BCUT2D eigenvalue weighted by atomic mass is 79.9. The number of aromatic nitrogens is 2. The molecule has 1 unspecified atom stereocenters. The van der Waals surface area contributed by atoms with Crippen LogP contribution < -0.4 is 4.72 Å². The van der Waals surface area contributed by atoms with Crippen LogP contribution in [0.2, 0.25) is 0 Å². The SMILES string of the molecule is CC(Br)CCCNS(=O)(=O)c1ccnn1C. The van der Waals surface area contributed by atoms with E-state index in [1.165, 1.54) is 16.9 Å². The number of halogens is 1. The molecule has 16 heavy (non-hydrogen) atoms. The summed E-state index contributed by atoms with van der Waals surface area (Å²) in [7, 11) is -1.80. The van der Waals surface area contributed by atoms with Gasteiger partial charge in [0.25, 0.3) is 10.0 Å². The van der Waals surface area contributed by atoms with Crippen molar-refractivity contribution >= 4 is 26.0 Å². The molecule has 1 atom stereocenters. The van der Waals surface area contributed by atoms with Gasteiger partial charge in [0.15, 0.2) is 5.03 Å². The van der Waals surface area contributed by atoms with E-state index in [0.29, 0.717) is 11.4 Å². The molecule has 0 amide bonds. The Morgan fingerprint density at radius 2 is 2.31 bits per heavy atom. The predicted octanol–water partition coefficient (Wildman–Crippen LogP) is 1.26. The second kappa shape index (κ2) is 5.79. The third kappa shape index (κ3) is 3.88. The van der Waals surface area contributed by atoms with E-state index < -0.39 is 10.0 Å². The molecule has 5 nitrogen and oxygen atoms in total. The van der Waals surface area contributed by atoms with Crippen molar-refractivity contribution in [1.29, 1.82) is 0 Å². The molecule has 0 bridgehead atoms. The molecular formula is C9H16BrN3O2S. The average Bonchev–Trinajstić information content (AvgIpc) is 2.59. The monoisotopic (exact) mass is 309 g/mol. The molecule has 0 aliphatic carbocycles. The lowest BCUT2D eigenvalue weighted by atomic mass is 10.2. The second-order valence-corrected chi connectivity index (χ2v) is 6.89. The van der Waals surface area contributed by atoms with Crippen LogP contribution >= 0.6 is 15.9 Å². The Kier molecular flexibility index (Phi) is 4.94. The molecule has 1 aromatic rings. The second-order valence-electron chi connectivity index (χ2n) is 3.61. The number of aryl methyl sites for hydroxylation is 1. The van der Waals surface area contributed by atoms with Crippen LogP contribution in [0, 0.1) is 0 Å². The zero-order valence-corrected chi connectivity index (χ0v) is 11.8. The van der Waals surface area contributed by atoms with Crippen LogP contribution in [-0.2, 0) is 17.1 Å². The Hall–Kier alpha value is -0.400. The Morgan fingerprint density at radius 1 is 1.62 bits per heavy atom. The van der Waals surface area contributed by atoms with Crippen molar-refractivity contribution in [3.8, 4) is 0 Å². The fourth-order valence-electron chi connectivity index (χ4n) is 1.29. The Morgan fingerprint density at radius 3 is 2.81 bits per heavy atom. The van der Waals surface area contributed by atoms with E-state index in [1.54, 1.807) is 7.05 Å². The van der Waals surface area contributed by atoms with Crippen LogP contribution in [0.4, 0.5) is 0 Å². The maximum absolute atomic E-state index is 11.8. The van der Waals surface area contributed by atoms with Crippen LogP contribution in [0.1, 0.15) is 19.8 Å². The number of hydrogen-bond acceptors (Lipinski definition) is 3. The Bertz CT molecular complexity index is 428. The largest absolute Gasteiger partial charge is 0.257 e. The smallest absolute Gasteiger partial charge is 0.256 e. The van der Waals surface area contributed by atoms with Gasteiger partial charge in [0.05, 0.1) is 6.20 Å². The van der Waals surface area contributed by atoms with E-state index >= 15 is 0 Å². The highest BCUT2D eigenvalue weighted by Gasteiger charge is 2.16. The highest BCUT2D eigenvalue weighted by molar-refractivity contribution is 9.09. The molecule has 1 aromatic heterocycles. The van der Waals surface area contributed by atoms with Gasteiger partial charge in [-0.1, -0.05) is 22.9 Å². The predicted molar refractivity (Wildman–Crippen MR) is 66.0 cm³/mol. The van der Waals surface area contributed by atoms with Gasteiger partial charge in [-0.05, 0) is 18.9 Å². The number of sulfonamides is 1. The highest BCUT2D eigenvalue weighted by Crippen LogP contribution is 2.08. The third-order valence-corrected chi connectivity index (χ3v) is 4.11. The zero-order chi connectivity index (χ0) is 12.2. The van der Waals surface area contributed by atoms with Crippen molar-refractivity contribution in [2.45, 2.75) is 29.6 Å². The van der Waals surface area contributed by atoms with Gasteiger partial charge >= 0.3 is 0 Å². The molecule has 0 radical (unpaired) electrons. The van der Waals surface area contributed by atoms with E-state index in [2.05, 4.69) is 25.8 Å². The molecule has 0 saturated carbocycles. The van der Waals surface area contributed by atoms with Gasteiger partial charge in [-0.2, -0.15) is 5.10 Å². The first kappa shape index (κ1) is 13.7. The number of hydrogen-bond donors (Lipinski definition) is 1. The van der Waals surface area contributed by atoms with Crippen LogP contribution in [-0.4, -0.2) is 29.6 Å². The summed E-state index contributed by atoms with van der Waals surface area (Å²) < 4.78 is 27.4. The summed E-state index contributed by atoms with van der Waals surface area (Å²) in [5.74, 6) is 0. The van der Waals surface area contributed by atoms with Gasteiger partial charge < -0.3 is 0 Å². The maximum atomic E-state index is 11.8. The molecule has 0 spiro atoms. The van der Waals surface area contributed by atoms with E-state index in [4.69, 9.17) is 0 Å². The molecule has 0 aliphatic heterocycles. The molecule has 1 N–H and O–H groups in total. The van der Waals surface area contributed by atoms with Crippen molar-refractivity contribution in [3.63, 3.8) is 0 Å². The average molecular weight is 310 g/mol. The van der Waals surface area contributed by atoms with Gasteiger partial charge in [0, 0.05) is 18.4 Å². The first-order chi connectivity index (χ1) is 7.43. The van der Waals surface area contributed by atoms with E-state index in [1.807, 2.05) is 6.92 Å². The lowest BCUT2D eigenvalue weighted by Gasteiger charge is -2.07. The molecular weight excluding hydrogens is 294 g/mol. The van der Waals surface area contributed by atoms with E-state index in [9.17, 15) is 8.42 Å². The van der Waals surface area contributed by atoms with Crippen molar-refractivity contribution in [2.24, 2.45) is 7.05 Å². The first-order valence-electron chi connectivity index (χ1n) is 5.05. The topological polar surface area (TPSA) is 64.0 Å². The third-order valence-electron chi connectivity index (χ3n) is 2.12. The molecule has 0 fully saturated rings. The van der Waals surface area contributed by atoms with E-state index in [0.717, 1.165) is 12.8 Å². The summed E-state index contributed by atoms with van der Waals surface area (Å²) in [6.07, 6.45) is 3.21. The van der Waals surface area contributed by atoms with Crippen LogP contribution in [0.15, 0.2) is 17.3 Å². The zero-order valence-electron chi connectivity index (χ0n) is 9.35. The molecule has 1 rings (SSSR count). The van der Waals surface area contributed by atoms with Crippen LogP contribution in [0.5, 0.6) is 0 Å². The number of nitrogens with zero attached hydrogens (tertiary/aromatic N) is 2. The maximum Gasteiger partial charge on any atom is 0.257 e. The van der Waals surface area contributed by atoms with E-state index in [-0.39, 0.29) is 5.03 Å². The Labute approximate surface area is 104 Å². The van der Waals surface area contributed by atoms with Gasteiger partial charge in [-0.3, -0.25) is 4.68 Å². The summed E-state index contributed by atoms with van der Waals surface area (Å²) in [6, 6.07) is 1.48. The molecule has 0 saturated heterocycles. The fourth-order valence-corrected chi connectivity index (χ4v) is 2.81. The van der Waals surface area contributed by atoms with Crippen molar-refractivity contribution in [3.05, 3.63) is 12.3 Å². The number of nitrogens with one attached hydrogen (secondary N) is 1. The lowest BCUT2D eigenvalue weighted by molar-refractivity contribution is 0.559. The van der Waals surface area contributed by atoms with Gasteiger partial charge in [-0.25, -0.2) is 13.1 Å². The molecule has 92 valence electrons. The van der Waals surface area contributed by atoms with Gasteiger partial charge in [0.2, 0.25) is 0 Å².